The minimum Gasteiger partial charge on any atom is -0.326 e. The molecule has 0 saturated carbocycles. The van der Waals surface area contributed by atoms with Gasteiger partial charge in [-0.3, -0.25) is 4.79 Å². The number of hydrogen-bond donors (Lipinski definition) is 1. The summed E-state index contributed by atoms with van der Waals surface area (Å²) < 4.78 is 1.87. The van der Waals surface area contributed by atoms with Gasteiger partial charge in [-0.15, -0.1) is 0 Å². The van der Waals surface area contributed by atoms with E-state index in [9.17, 15) is 4.79 Å². The number of nitrogens with two attached hydrogens (primary N) is 1. The van der Waals surface area contributed by atoms with Crippen LogP contribution in [0.25, 0.3) is 11.3 Å². The van der Waals surface area contributed by atoms with Crippen LogP contribution in [0.2, 0.25) is 0 Å². The molecule has 0 aliphatic rings. The Bertz CT molecular complexity index is 686. The molecule has 3 heteroatoms. The summed E-state index contributed by atoms with van der Waals surface area (Å²) in [6.45, 7) is 7.36. The monoisotopic (exact) mass is 284 g/mol. The Morgan fingerprint density at radius 1 is 1.10 bits per heavy atom. The first kappa shape index (κ1) is 15.5. The Kier molecular flexibility index (Phi) is 4.97. The molecular formula is C18H24N2O. The standard InChI is InChI=1S/C18H24N2O/c1-4-5-10-20-17(9-8-16(12-19)18(20)21)15-7-6-13(2)14(3)11-15/h6-9,11H,4-5,10,12,19H2,1-3H3. The van der Waals surface area contributed by atoms with Crippen molar-refractivity contribution in [1.29, 1.82) is 0 Å². The highest BCUT2D eigenvalue weighted by Crippen LogP contribution is 2.22. The fourth-order valence-electron chi connectivity index (χ4n) is 2.47. The zero-order valence-corrected chi connectivity index (χ0v) is 13.1. The van der Waals surface area contributed by atoms with Crippen molar-refractivity contribution in [2.45, 2.75) is 46.7 Å². The van der Waals surface area contributed by atoms with Gasteiger partial charge in [-0.1, -0.05) is 31.5 Å². The largest absolute Gasteiger partial charge is 0.326 e. The van der Waals surface area contributed by atoms with Gasteiger partial charge in [0.1, 0.15) is 0 Å². The van der Waals surface area contributed by atoms with E-state index in [-0.39, 0.29) is 12.1 Å². The van der Waals surface area contributed by atoms with Gasteiger partial charge in [0.15, 0.2) is 0 Å². The molecule has 0 amide bonds. The second kappa shape index (κ2) is 6.72. The average molecular weight is 284 g/mol. The highest BCUT2D eigenvalue weighted by atomic mass is 16.1. The molecule has 0 aliphatic heterocycles. The predicted molar refractivity (Wildman–Crippen MR) is 88.4 cm³/mol. The van der Waals surface area contributed by atoms with Gasteiger partial charge in [-0.2, -0.15) is 0 Å². The van der Waals surface area contributed by atoms with Crippen molar-refractivity contribution in [3.8, 4) is 11.3 Å². The smallest absolute Gasteiger partial charge is 0.255 e. The van der Waals surface area contributed by atoms with Crippen LogP contribution in [0.3, 0.4) is 0 Å². The van der Waals surface area contributed by atoms with E-state index in [4.69, 9.17) is 5.73 Å². The van der Waals surface area contributed by atoms with Crippen molar-refractivity contribution in [2.24, 2.45) is 5.73 Å². The number of pyridine rings is 1. The summed E-state index contributed by atoms with van der Waals surface area (Å²) in [5, 5.41) is 0. The lowest BCUT2D eigenvalue weighted by molar-refractivity contribution is 0.613. The maximum atomic E-state index is 12.5. The Hall–Kier alpha value is -1.87. The number of unbranched alkanes of at least 4 members (excludes halogenated alkanes) is 1. The molecule has 0 spiro atoms. The molecule has 0 radical (unpaired) electrons. The Labute approximate surface area is 126 Å². The number of rotatable bonds is 5. The molecule has 0 atom stereocenters. The van der Waals surface area contributed by atoms with Gasteiger partial charge in [0.25, 0.3) is 5.56 Å². The van der Waals surface area contributed by atoms with Gasteiger partial charge in [0.05, 0.1) is 5.69 Å². The molecule has 2 rings (SSSR count). The third-order valence-electron chi connectivity index (χ3n) is 4.01. The average Bonchev–Trinajstić information content (AvgIpc) is 2.48. The van der Waals surface area contributed by atoms with Crippen LogP contribution in [0.1, 0.15) is 36.5 Å². The lowest BCUT2D eigenvalue weighted by atomic mass is 10.0. The highest BCUT2D eigenvalue weighted by Gasteiger charge is 2.10. The number of aryl methyl sites for hydroxylation is 2. The fraction of sp³-hybridized carbons (Fsp3) is 0.389. The van der Waals surface area contributed by atoms with E-state index in [1.54, 1.807) is 0 Å². The minimum absolute atomic E-state index is 0.0432. The van der Waals surface area contributed by atoms with Crippen LogP contribution in [0.4, 0.5) is 0 Å². The summed E-state index contributed by atoms with van der Waals surface area (Å²) in [7, 11) is 0. The Morgan fingerprint density at radius 2 is 1.86 bits per heavy atom. The lowest BCUT2D eigenvalue weighted by Gasteiger charge is -2.15. The van der Waals surface area contributed by atoms with Crippen LogP contribution in [0.15, 0.2) is 35.1 Å². The molecule has 0 saturated heterocycles. The van der Waals surface area contributed by atoms with Crippen LogP contribution in [-0.2, 0) is 13.1 Å². The summed E-state index contributed by atoms with van der Waals surface area (Å²) in [5.41, 5.74) is 11.0. The van der Waals surface area contributed by atoms with E-state index in [1.165, 1.54) is 11.1 Å². The summed E-state index contributed by atoms with van der Waals surface area (Å²) in [6.07, 6.45) is 2.05. The van der Waals surface area contributed by atoms with Crippen LogP contribution in [0.5, 0.6) is 0 Å². The zero-order valence-electron chi connectivity index (χ0n) is 13.1. The molecule has 0 unspecified atom stereocenters. The van der Waals surface area contributed by atoms with Gasteiger partial charge in [0, 0.05) is 18.7 Å². The number of benzene rings is 1. The van der Waals surface area contributed by atoms with Crippen LogP contribution in [0, 0.1) is 13.8 Å². The maximum absolute atomic E-state index is 12.5. The van der Waals surface area contributed by atoms with Crippen molar-refractivity contribution >= 4 is 0 Å². The molecule has 3 nitrogen and oxygen atoms in total. The summed E-state index contributed by atoms with van der Waals surface area (Å²) >= 11 is 0. The normalized spacial score (nSPS) is 10.9. The molecule has 1 heterocycles. The second-order valence-electron chi connectivity index (χ2n) is 5.56. The van der Waals surface area contributed by atoms with Crippen LogP contribution < -0.4 is 11.3 Å². The van der Waals surface area contributed by atoms with Gasteiger partial charge in [-0.05, 0) is 49.1 Å². The van der Waals surface area contributed by atoms with Crippen molar-refractivity contribution in [2.75, 3.05) is 0 Å². The van der Waals surface area contributed by atoms with Crippen molar-refractivity contribution in [1.82, 2.24) is 4.57 Å². The SMILES string of the molecule is CCCCn1c(-c2ccc(C)c(C)c2)ccc(CN)c1=O. The molecule has 0 fully saturated rings. The summed E-state index contributed by atoms with van der Waals surface area (Å²) in [6, 6.07) is 10.2. The molecule has 2 N–H and O–H groups in total. The molecule has 0 bridgehead atoms. The van der Waals surface area contributed by atoms with Gasteiger partial charge >= 0.3 is 0 Å². The number of hydrogen-bond acceptors (Lipinski definition) is 2. The van der Waals surface area contributed by atoms with Gasteiger partial charge < -0.3 is 10.3 Å². The van der Waals surface area contributed by atoms with Crippen molar-refractivity contribution < 1.29 is 0 Å². The van der Waals surface area contributed by atoms with Crippen LogP contribution in [-0.4, -0.2) is 4.57 Å². The molecule has 1 aromatic carbocycles. The van der Waals surface area contributed by atoms with E-state index in [0.29, 0.717) is 5.56 Å². The minimum atomic E-state index is 0.0432. The predicted octanol–water partition coefficient (Wildman–Crippen LogP) is 3.39. The third-order valence-corrected chi connectivity index (χ3v) is 4.01. The van der Waals surface area contributed by atoms with E-state index in [2.05, 4.69) is 39.0 Å². The quantitative estimate of drug-likeness (QED) is 0.915. The summed E-state index contributed by atoms with van der Waals surface area (Å²) in [5.74, 6) is 0. The first-order chi connectivity index (χ1) is 10.1. The van der Waals surface area contributed by atoms with Crippen molar-refractivity contribution in [3.63, 3.8) is 0 Å². The molecule has 2 aromatic rings. The van der Waals surface area contributed by atoms with E-state index >= 15 is 0 Å². The topological polar surface area (TPSA) is 48.0 Å². The summed E-state index contributed by atoms with van der Waals surface area (Å²) in [4.78, 5) is 12.5. The van der Waals surface area contributed by atoms with Crippen molar-refractivity contribution in [3.05, 3.63) is 57.4 Å². The highest BCUT2D eigenvalue weighted by molar-refractivity contribution is 5.61. The van der Waals surface area contributed by atoms with E-state index in [1.807, 2.05) is 16.7 Å². The zero-order chi connectivity index (χ0) is 15.4. The molecule has 21 heavy (non-hydrogen) atoms. The number of nitrogens with zero attached hydrogens (tertiary/aromatic N) is 1. The Balaban J connectivity index is 2.58. The Morgan fingerprint density at radius 3 is 2.48 bits per heavy atom. The van der Waals surface area contributed by atoms with E-state index < -0.39 is 0 Å². The van der Waals surface area contributed by atoms with E-state index in [0.717, 1.165) is 30.6 Å². The molecule has 0 aliphatic carbocycles. The number of aromatic nitrogens is 1. The third kappa shape index (κ3) is 3.24. The lowest BCUT2D eigenvalue weighted by Crippen LogP contribution is -2.26. The molecular weight excluding hydrogens is 260 g/mol. The van der Waals surface area contributed by atoms with Gasteiger partial charge in [-0.25, -0.2) is 0 Å². The fourth-order valence-corrected chi connectivity index (χ4v) is 2.47. The second-order valence-corrected chi connectivity index (χ2v) is 5.56. The van der Waals surface area contributed by atoms with Gasteiger partial charge in [0.2, 0.25) is 0 Å². The molecule has 1 aromatic heterocycles. The maximum Gasteiger partial charge on any atom is 0.255 e. The first-order valence-corrected chi connectivity index (χ1v) is 7.59. The first-order valence-electron chi connectivity index (χ1n) is 7.59. The molecule has 112 valence electrons. The van der Waals surface area contributed by atoms with Crippen LogP contribution >= 0.6 is 0 Å².